The van der Waals surface area contributed by atoms with Gasteiger partial charge in [-0.05, 0) is 43.5 Å². The van der Waals surface area contributed by atoms with Gasteiger partial charge in [0.2, 0.25) is 5.91 Å². The van der Waals surface area contributed by atoms with E-state index in [4.69, 9.17) is 10.5 Å². The van der Waals surface area contributed by atoms with Gasteiger partial charge in [0.1, 0.15) is 6.10 Å². The molecule has 2 amide bonds. The summed E-state index contributed by atoms with van der Waals surface area (Å²) in [6, 6.07) is 7.44. The molecule has 128 valence electrons. The van der Waals surface area contributed by atoms with E-state index in [2.05, 4.69) is 10.6 Å². The third-order valence-corrected chi connectivity index (χ3v) is 3.51. The van der Waals surface area contributed by atoms with Gasteiger partial charge >= 0.3 is 0 Å². The van der Waals surface area contributed by atoms with Crippen molar-refractivity contribution in [3.63, 3.8) is 0 Å². The smallest absolute Gasteiger partial charge is 0.253 e. The fourth-order valence-electron chi connectivity index (χ4n) is 2.32. The maximum absolute atomic E-state index is 12.0. The van der Waals surface area contributed by atoms with Gasteiger partial charge in [-0.2, -0.15) is 0 Å². The zero-order valence-electron chi connectivity index (χ0n) is 13.0. The lowest BCUT2D eigenvalue weighted by atomic mass is 10.1. The first-order chi connectivity index (χ1) is 10.7. The minimum Gasteiger partial charge on any atom is -0.368 e. The quantitative estimate of drug-likeness (QED) is 0.702. The summed E-state index contributed by atoms with van der Waals surface area (Å²) < 4.78 is 5.35. The molecule has 1 aromatic rings. The lowest BCUT2D eigenvalue weighted by Crippen LogP contribution is -2.27. The van der Waals surface area contributed by atoms with E-state index >= 15 is 0 Å². The van der Waals surface area contributed by atoms with Crippen molar-refractivity contribution < 1.29 is 14.3 Å². The second-order valence-corrected chi connectivity index (χ2v) is 5.36. The standard InChI is InChI=1S/C16H23N3O3.ClH/c17-8-2-7-15(20)18-11-12-4-1-5-13(10-12)19-16(21)14-6-3-9-22-14;/h1,4-5,10,14H,2-3,6-9,11,17H2,(H,18,20)(H,19,21);1H. The highest BCUT2D eigenvalue weighted by Crippen LogP contribution is 2.16. The highest BCUT2D eigenvalue weighted by atomic mass is 35.5. The van der Waals surface area contributed by atoms with Crippen LogP contribution in [-0.4, -0.2) is 31.1 Å². The molecule has 23 heavy (non-hydrogen) atoms. The molecule has 1 saturated heterocycles. The van der Waals surface area contributed by atoms with Gasteiger partial charge < -0.3 is 21.1 Å². The number of anilines is 1. The molecule has 0 bridgehead atoms. The van der Waals surface area contributed by atoms with Crippen LogP contribution in [0, 0.1) is 0 Å². The minimum absolute atomic E-state index is 0. The van der Waals surface area contributed by atoms with E-state index in [1.54, 1.807) is 0 Å². The monoisotopic (exact) mass is 341 g/mol. The van der Waals surface area contributed by atoms with Crippen LogP contribution in [0.3, 0.4) is 0 Å². The molecule has 1 atom stereocenters. The van der Waals surface area contributed by atoms with Crippen LogP contribution in [0.15, 0.2) is 24.3 Å². The number of benzene rings is 1. The van der Waals surface area contributed by atoms with Gasteiger partial charge in [-0.25, -0.2) is 0 Å². The van der Waals surface area contributed by atoms with Crippen molar-refractivity contribution in [1.82, 2.24) is 5.32 Å². The summed E-state index contributed by atoms with van der Waals surface area (Å²) in [4.78, 5) is 23.6. The third-order valence-electron chi connectivity index (χ3n) is 3.51. The van der Waals surface area contributed by atoms with Gasteiger partial charge in [-0.15, -0.1) is 12.4 Å². The molecule has 1 aliphatic heterocycles. The SMILES string of the molecule is Cl.NCCCC(=O)NCc1cccc(NC(=O)C2CCCO2)c1. The number of carbonyl (C=O) groups is 2. The first-order valence-electron chi connectivity index (χ1n) is 7.67. The fraction of sp³-hybridized carbons (Fsp3) is 0.500. The summed E-state index contributed by atoms with van der Waals surface area (Å²) in [6.45, 7) is 1.60. The number of nitrogens with two attached hydrogens (primary N) is 1. The first kappa shape index (κ1) is 19.4. The molecule has 0 aromatic heterocycles. The van der Waals surface area contributed by atoms with E-state index in [1.807, 2.05) is 24.3 Å². The summed E-state index contributed by atoms with van der Waals surface area (Å²) in [5, 5.41) is 5.69. The average Bonchev–Trinajstić information content (AvgIpc) is 3.06. The van der Waals surface area contributed by atoms with Gasteiger partial charge in [-0.1, -0.05) is 12.1 Å². The Labute approximate surface area is 142 Å². The number of halogens is 1. The van der Waals surface area contributed by atoms with Crippen LogP contribution >= 0.6 is 12.4 Å². The Morgan fingerprint density at radius 3 is 2.87 bits per heavy atom. The Bertz CT molecular complexity index is 519. The second-order valence-electron chi connectivity index (χ2n) is 5.36. The van der Waals surface area contributed by atoms with E-state index in [0.29, 0.717) is 38.2 Å². The average molecular weight is 342 g/mol. The Kier molecular flexibility index (Phi) is 8.61. The zero-order chi connectivity index (χ0) is 15.8. The van der Waals surface area contributed by atoms with Crippen LogP contribution in [0.5, 0.6) is 0 Å². The molecule has 6 nitrogen and oxygen atoms in total. The lowest BCUT2D eigenvalue weighted by Gasteiger charge is -2.11. The fourth-order valence-corrected chi connectivity index (χ4v) is 2.32. The Balaban J connectivity index is 0.00000264. The minimum atomic E-state index is -0.348. The lowest BCUT2D eigenvalue weighted by molar-refractivity contribution is -0.124. The molecule has 1 heterocycles. The second kappa shape index (κ2) is 10.2. The highest BCUT2D eigenvalue weighted by molar-refractivity contribution is 5.94. The number of hydrogen-bond donors (Lipinski definition) is 3. The van der Waals surface area contributed by atoms with Gasteiger partial charge in [-0.3, -0.25) is 9.59 Å². The molecule has 7 heteroatoms. The van der Waals surface area contributed by atoms with Gasteiger partial charge in [0, 0.05) is 25.3 Å². The van der Waals surface area contributed by atoms with Crippen molar-refractivity contribution in [2.24, 2.45) is 5.73 Å². The maximum atomic E-state index is 12.0. The number of amides is 2. The van der Waals surface area contributed by atoms with E-state index in [9.17, 15) is 9.59 Å². The molecule has 0 aliphatic carbocycles. The molecular weight excluding hydrogens is 318 g/mol. The molecule has 1 aromatic carbocycles. The summed E-state index contributed by atoms with van der Waals surface area (Å²) >= 11 is 0. The number of nitrogens with one attached hydrogen (secondary N) is 2. The normalized spacial score (nSPS) is 16.5. The van der Waals surface area contributed by atoms with Crippen LogP contribution in [0.25, 0.3) is 0 Å². The predicted molar refractivity (Wildman–Crippen MR) is 91.4 cm³/mol. The summed E-state index contributed by atoms with van der Waals surface area (Å²) in [5.41, 5.74) is 7.02. The summed E-state index contributed by atoms with van der Waals surface area (Å²) in [6.07, 6.45) is 2.46. The van der Waals surface area contributed by atoms with E-state index in [-0.39, 0.29) is 30.3 Å². The van der Waals surface area contributed by atoms with Crippen molar-refractivity contribution >= 4 is 29.9 Å². The number of carbonyl (C=O) groups excluding carboxylic acids is 2. The number of rotatable bonds is 7. The van der Waals surface area contributed by atoms with Crippen LogP contribution < -0.4 is 16.4 Å². The van der Waals surface area contributed by atoms with E-state index in [1.165, 1.54) is 0 Å². The van der Waals surface area contributed by atoms with Crippen molar-refractivity contribution in [1.29, 1.82) is 0 Å². The van der Waals surface area contributed by atoms with Crippen LogP contribution in [-0.2, 0) is 20.9 Å². The molecule has 1 aliphatic rings. The Hall–Kier alpha value is -1.63. The molecule has 0 spiro atoms. The molecule has 0 saturated carbocycles. The van der Waals surface area contributed by atoms with Gasteiger partial charge in [0.15, 0.2) is 0 Å². The molecule has 4 N–H and O–H groups in total. The highest BCUT2D eigenvalue weighted by Gasteiger charge is 2.23. The number of hydrogen-bond acceptors (Lipinski definition) is 4. The molecule has 2 rings (SSSR count). The van der Waals surface area contributed by atoms with Gasteiger partial charge in [0.25, 0.3) is 5.91 Å². The molecular formula is C16H24ClN3O3. The Morgan fingerprint density at radius 1 is 1.35 bits per heavy atom. The van der Waals surface area contributed by atoms with Crippen LogP contribution in [0.2, 0.25) is 0 Å². The number of ether oxygens (including phenoxy) is 1. The third kappa shape index (κ3) is 6.56. The first-order valence-corrected chi connectivity index (χ1v) is 7.67. The van der Waals surface area contributed by atoms with Crippen molar-refractivity contribution in [2.45, 2.75) is 38.3 Å². The van der Waals surface area contributed by atoms with E-state index < -0.39 is 0 Å². The largest absolute Gasteiger partial charge is 0.368 e. The van der Waals surface area contributed by atoms with Crippen LogP contribution in [0.1, 0.15) is 31.2 Å². The predicted octanol–water partition coefficient (Wildman–Crippen LogP) is 1.58. The molecule has 1 unspecified atom stereocenters. The van der Waals surface area contributed by atoms with Crippen molar-refractivity contribution in [2.75, 3.05) is 18.5 Å². The van der Waals surface area contributed by atoms with Crippen LogP contribution in [0.4, 0.5) is 5.69 Å². The summed E-state index contributed by atoms with van der Waals surface area (Å²) in [7, 11) is 0. The van der Waals surface area contributed by atoms with Gasteiger partial charge in [0.05, 0.1) is 0 Å². The van der Waals surface area contributed by atoms with E-state index in [0.717, 1.165) is 18.4 Å². The Morgan fingerprint density at radius 2 is 2.17 bits per heavy atom. The molecule has 1 fully saturated rings. The topological polar surface area (TPSA) is 93.5 Å². The zero-order valence-corrected chi connectivity index (χ0v) is 13.9. The van der Waals surface area contributed by atoms with Crippen molar-refractivity contribution in [3.05, 3.63) is 29.8 Å². The maximum Gasteiger partial charge on any atom is 0.253 e. The van der Waals surface area contributed by atoms with Crippen molar-refractivity contribution in [3.8, 4) is 0 Å². The summed E-state index contributed by atoms with van der Waals surface area (Å²) in [5.74, 6) is -0.124. The molecule has 0 radical (unpaired) electrons.